The van der Waals surface area contributed by atoms with E-state index in [9.17, 15) is 0 Å². The third-order valence-corrected chi connectivity index (χ3v) is 1.96. The van der Waals surface area contributed by atoms with Gasteiger partial charge in [-0.3, -0.25) is 0 Å². The van der Waals surface area contributed by atoms with Gasteiger partial charge in [-0.2, -0.15) is 0 Å². The number of anilines is 2. The maximum Gasteiger partial charge on any atom is 0.0793 e. The minimum absolute atomic E-state index is 0.0498. The molecule has 0 aromatic carbocycles. The third-order valence-electron chi connectivity index (χ3n) is 0.911. The molecule has 1 aromatic heterocycles. The van der Waals surface area contributed by atoms with E-state index < -0.39 is 0 Å². The summed E-state index contributed by atoms with van der Waals surface area (Å²) in [6.45, 7) is 0. The van der Waals surface area contributed by atoms with Gasteiger partial charge >= 0.3 is 0 Å². The summed E-state index contributed by atoms with van der Waals surface area (Å²) in [5.74, 6) is 0. The van der Waals surface area contributed by atoms with Gasteiger partial charge in [0.05, 0.1) is 9.12 Å². The minimum atomic E-state index is 0.0498. The topological polar surface area (TPSA) is 52.0 Å². The van der Waals surface area contributed by atoms with Crippen LogP contribution in [0.5, 0.6) is 0 Å². The van der Waals surface area contributed by atoms with Crippen LogP contribution in [-0.2, 0) is 0 Å². The predicted octanol–water partition coefficient (Wildman–Crippen LogP) is -0.0786. The molecule has 0 radical (unpaired) electrons. The predicted molar refractivity (Wildman–Crippen MR) is 38.0 cm³/mol. The molecule has 3 heteroatoms. The van der Waals surface area contributed by atoms with E-state index in [0.717, 1.165) is 10.6 Å². The van der Waals surface area contributed by atoms with Crippen molar-refractivity contribution in [1.82, 2.24) is 0 Å². The van der Waals surface area contributed by atoms with Gasteiger partial charge in [-0.1, -0.05) is 6.07 Å². The first-order chi connectivity index (χ1) is 3.79. The van der Waals surface area contributed by atoms with Crippen LogP contribution in [-0.4, -0.2) is 9.12 Å². The average Bonchev–Trinajstić information content (AvgIpc) is 1.64. The van der Waals surface area contributed by atoms with Crippen LogP contribution in [0.1, 0.15) is 0 Å². The first-order valence-corrected chi connectivity index (χ1v) is 3.55. The Morgan fingerprint density at radius 3 is 1.88 bits per heavy atom. The molecule has 4 N–H and O–H groups in total. The highest BCUT2D eigenvalue weighted by Gasteiger charge is 1.82. The van der Waals surface area contributed by atoms with Gasteiger partial charge in [-0.25, -0.2) is 0 Å². The van der Waals surface area contributed by atoms with Crippen LogP contribution >= 0.6 is 0 Å². The normalized spacial score (nSPS) is 9.00. The van der Waals surface area contributed by atoms with Crippen molar-refractivity contribution in [3.05, 3.63) is 18.2 Å². The number of nitrogen functional groups attached to an aromatic ring is 2. The van der Waals surface area contributed by atoms with Gasteiger partial charge in [0.2, 0.25) is 0 Å². The second-order valence-electron chi connectivity index (χ2n) is 1.67. The smallest absolute Gasteiger partial charge is 0.0793 e. The molecule has 1 aromatic rings. The standard InChI is InChI=1S/C5H8N2Si/c6-4-2-1-3-5(7)8-4/h1-3,8H,6-7H2. The largest absolute Gasteiger partial charge is 0.403 e. The molecule has 1 rings (SSSR count). The maximum absolute atomic E-state index is 5.47. The van der Waals surface area contributed by atoms with Crippen molar-refractivity contribution in [2.45, 2.75) is 0 Å². The Labute approximate surface area is 50.2 Å². The van der Waals surface area contributed by atoms with E-state index >= 15 is 0 Å². The first-order valence-electron chi connectivity index (χ1n) is 2.40. The number of rotatable bonds is 0. The van der Waals surface area contributed by atoms with Gasteiger partial charge in [0.25, 0.3) is 0 Å². The van der Waals surface area contributed by atoms with Crippen molar-refractivity contribution in [1.29, 1.82) is 0 Å². The summed E-state index contributed by atoms with van der Waals surface area (Å²) in [7, 11) is 0.0498. The van der Waals surface area contributed by atoms with Crippen LogP contribution in [0.4, 0.5) is 10.6 Å². The van der Waals surface area contributed by atoms with E-state index in [2.05, 4.69) is 0 Å². The van der Waals surface area contributed by atoms with Crippen molar-refractivity contribution in [2.75, 3.05) is 11.5 Å². The molecule has 1 heterocycles. The summed E-state index contributed by atoms with van der Waals surface area (Å²) in [6, 6.07) is 5.67. The summed E-state index contributed by atoms with van der Waals surface area (Å²) in [4.78, 5) is 0. The zero-order chi connectivity index (χ0) is 5.98. The molecule has 2 nitrogen and oxygen atoms in total. The molecular weight excluding hydrogens is 116 g/mol. The fraction of sp³-hybridized carbons (Fsp3) is 0. The maximum atomic E-state index is 5.47. The van der Waals surface area contributed by atoms with Gasteiger partial charge in [-0.05, 0) is 12.1 Å². The van der Waals surface area contributed by atoms with Crippen molar-refractivity contribution in [2.24, 2.45) is 0 Å². The molecule has 0 fully saturated rings. The van der Waals surface area contributed by atoms with Gasteiger partial charge in [0.1, 0.15) is 0 Å². The monoisotopic (exact) mass is 124 g/mol. The summed E-state index contributed by atoms with van der Waals surface area (Å²) >= 11 is 0. The lowest BCUT2D eigenvalue weighted by atomic mass is 10.5. The number of nitrogens with two attached hydrogens (primary N) is 2. The molecule has 0 bridgehead atoms. The molecule has 0 saturated carbocycles. The lowest BCUT2D eigenvalue weighted by Gasteiger charge is -1.91. The van der Waals surface area contributed by atoms with E-state index in [0.29, 0.717) is 0 Å². The van der Waals surface area contributed by atoms with E-state index in [1.54, 1.807) is 0 Å². The number of hydrogen-bond donors (Lipinski definition) is 2. The zero-order valence-electron chi connectivity index (χ0n) is 4.46. The fourth-order valence-corrected chi connectivity index (χ4v) is 1.36. The highest BCUT2D eigenvalue weighted by molar-refractivity contribution is 6.47. The summed E-state index contributed by atoms with van der Waals surface area (Å²) in [5.41, 5.74) is 10.9. The molecule has 42 valence electrons. The van der Waals surface area contributed by atoms with Crippen LogP contribution < -0.4 is 11.5 Å². The minimum Gasteiger partial charge on any atom is -0.403 e. The van der Waals surface area contributed by atoms with Gasteiger partial charge in [0, 0.05) is 10.6 Å². The van der Waals surface area contributed by atoms with Gasteiger partial charge in [-0.15, -0.1) is 0 Å². The Kier molecular flexibility index (Phi) is 1.30. The van der Waals surface area contributed by atoms with E-state index in [1.165, 1.54) is 0 Å². The fourth-order valence-electron chi connectivity index (χ4n) is 0.559. The van der Waals surface area contributed by atoms with E-state index in [-0.39, 0.29) is 9.12 Å². The van der Waals surface area contributed by atoms with Crippen LogP contribution in [0, 0.1) is 0 Å². The lowest BCUT2D eigenvalue weighted by molar-refractivity contribution is 1.80. The highest BCUT2D eigenvalue weighted by Crippen LogP contribution is 1.98. The molecule has 0 atom stereocenters. The molecule has 8 heavy (non-hydrogen) atoms. The lowest BCUT2D eigenvalue weighted by Crippen LogP contribution is -1.94. The summed E-state index contributed by atoms with van der Waals surface area (Å²) < 4.78 is 0. The van der Waals surface area contributed by atoms with E-state index in [1.807, 2.05) is 18.2 Å². The summed E-state index contributed by atoms with van der Waals surface area (Å²) in [6.07, 6.45) is 0. The molecule has 0 unspecified atom stereocenters. The molecule has 0 saturated heterocycles. The second-order valence-corrected chi connectivity index (χ2v) is 3.29. The molecule has 0 aliphatic heterocycles. The van der Waals surface area contributed by atoms with Crippen molar-refractivity contribution in [3.63, 3.8) is 0 Å². The van der Waals surface area contributed by atoms with Gasteiger partial charge < -0.3 is 11.5 Å². The molecule has 0 aliphatic rings. The Morgan fingerprint density at radius 2 is 1.62 bits per heavy atom. The Bertz CT molecular complexity index is 170. The first kappa shape index (κ1) is 5.31. The number of hydrogen-bond acceptors (Lipinski definition) is 2. The second kappa shape index (κ2) is 1.96. The van der Waals surface area contributed by atoms with Crippen LogP contribution in [0.25, 0.3) is 0 Å². The van der Waals surface area contributed by atoms with Crippen molar-refractivity contribution < 1.29 is 0 Å². The SMILES string of the molecule is Nc1cccc(N)[siH]1. The van der Waals surface area contributed by atoms with Crippen LogP contribution in [0.3, 0.4) is 0 Å². The Morgan fingerprint density at radius 1 is 1.12 bits per heavy atom. The highest BCUT2D eigenvalue weighted by atomic mass is 28.2. The molecule has 0 spiro atoms. The van der Waals surface area contributed by atoms with Crippen molar-refractivity contribution >= 4 is 19.7 Å². The Hall–Kier alpha value is -0.833. The van der Waals surface area contributed by atoms with Crippen LogP contribution in [0.2, 0.25) is 0 Å². The average molecular weight is 124 g/mol. The quantitative estimate of drug-likeness (QED) is 0.475. The zero-order valence-corrected chi connectivity index (χ0v) is 5.62. The summed E-state index contributed by atoms with van der Waals surface area (Å²) in [5, 5.41) is 1.84. The molecule has 0 aliphatic carbocycles. The third kappa shape index (κ3) is 1.07. The molecular formula is C5H8N2Si. The molecule has 0 amide bonds. The van der Waals surface area contributed by atoms with Gasteiger partial charge in [0.15, 0.2) is 0 Å². The van der Waals surface area contributed by atoms with Crippen LogP contribution in [0.15, 0.2) is 18.2 Å². The van der Waals surface area contributed by atoms with E-state index in [4.69, 9.17) is 11.5 Å². The Balaban J connectivity index is 3.08. The van der Waals surface area contributed by atoms with Crippen molar-refractivity contribution in [3.8, 4) is 0 Å².